The largest absolute Gasteiger partial charge is 0.379 e. The molecule has 0 saturated carbocycles. The molecule has 0 amide bonds. The van der Waals surface area contributed by atoms with E-state index in [0.29, 0.717) is 6.42 Å². The van der Waals surface area contributed by atoms with Gasteiger partial charge in [-0.2, -0.15) is 15.5 Å². The van der Waals surface area contributed by atoms with E-state index in [9.17, 15) is 5.26 Å². The summed E-state index contributed by atoms with van der Waals surface area (Å²) in [5.74, 6) is 0. The van der Waals surface area contributed by atoms with Gasteiger partial charge in [0.05, 0.1) is 17.4 Å². The van der Waals surface area contributed by atoms with Crippen molar-refractivity contribution in [3.8, 4) is 6.07 Å². The highest BCUT2D eigenvalue weighted by atomic mass is 16.5. The number of hydrogen-bond donors (Lipinski definition) is 0. The van der Waals surface area contributed by atoms with Gasteiger partial charge in [0.25, 0.3) is 0 Å². The number of methoxy groups -OCH3 is 1. The molecule has 1 aromatic carbocycles. The summed E-state index contributed by atoms with van der Waals surface area (Å²) >= 11 is 0. The average molecular weight is 329 g/mol. The number of azo groups is 1. The highest BCUT2D eigenvalue weighted by Gasteiger charge is 2.33. The van der Waals surface area contributed by atoms with Crippen LogP contribution in [-0.4, -0.2) is 18.2 Å². The molecule has 4 heteroatoms. The molecule has 0 heterocycles. The second-order valence-corrected chi connectivity index (χ2v) is 7.17. The third-order valence-corrected chi connectivity index (χ3v) is 4.23. The number of benzene rings is 1. The predicted octanol–water partition coefficient (Wildman–Crippen LogP) is 5.99. The van der Waals surface area contributed by atoms with E-state index in [1.807, 2.05) is 32.0 Å². The lowest BCUT2D eigenvalue weighted by molar-refractivity contribution is 0.00493. The Morgan fingerprint density at radius 1 is 1.12 bits per heavy atom. The molecule has 0 aliphatic rings. The molecule has 1 rings (SSSR count). The molecule has 0 radical (unpaired) electrons. The molecule has 4 nitrogen and oxygen atoms in total. The van der Waals surface area contributed by atoms with Crippen molar-refractivity contribution in [1.82, 2.24) is 0 Å². The first-order valence-corrected chi connectivity index (χ1v) is 8.83. The SMILES string of the molecule is CCCCCCc1ccccc1N=NC(C)(C#N)CC(C)(C)OC. The number of nitrogens with zero attached hydrogens (tertiary/aromatic N) is 3. The molecule has 0 N–H and O–H groups in total. The maximum atomic E-state index is 9.53. The first kappa shape index (κ1) is 20.3. The number of rotatable bonds is 10. The van der Waals surface area contributed by atoms with E-state index in [1.165, 1.54) is 24.8 Å². The zero-order valence-electron chi connectivity index (χ0n) is 15.8. The highest BCUT2D eigenvalue weighted by molar-refractivity contribution is 5.45. The third kappa shape index (κ3) is 6.80. The molecule has 1 atom stereocenters. The fourth-order valence-electron chi connectivity index (χ4n) is 2.72. The fourth-order valence-corrected chi connectivity index (χ4v) is 2.72. The Morgan fingerprint density at radius 2 is 1.83 bits per heavy atom. The lowest BCUT2D eigenvalue weighted by Gasteiger charge is -2.28. The summed E-state index contributed by atoms with van der Waals surface area (Å²) in [7, 11) is 1.65. The second kappa shape index (κ2) is 9.54. The minimum Gasteiger partial charge on any atom is -0.379 e. The quantitative estimate of drug-likeness (QED) is 0.391. The van der Waals surface area contributed by atoms with E-state index >= 15 is 0 Å². The molecule has 1 unspecified atom stereocenters. The van der Waals surface area contributed by atoms with Gasteiger partial charge in [0.15, 0.2) is 5.54 Å². The van der Waals surface area contributed by atoms with Gasteiger partial charge in [-0.15, -0.1) is 0 Å². The fraction of sp³-hybridized carbons (Fsp3) is 0.650. The molecule has 132 valence electrons. The van der Waals surface area contributed by atoms with Crippen molar-refractivity contribution < 1.29 is 4.74 Å². The zero-order valence-corrected chi connectivity index (χ0v) is 15.8. The van der Waals surface area contributed by atoms with Gasteiger partial charge in [-0.05, 0) is 45.2 Å². The standard InChI is InChI=1S/C20H31N3O/c1-6-7-8-9-12-17-13-10-11-14-18(17)22-23-20(4,16-21)15-19(2,3)24-5/h10-11,13-14H,6-9,12,15H2,1-5H3. The van der Waals surface area contributed by atoms with Gasteiger partial charge in [0.2, 0.25) is 0 Å². The Bertz CT molecular complexity index is 574. The van der Waals surface area contributed by atoms with Crippen molar-refractivity contribution in [3.05, 3.63) is 29.8 Å². The van der Waals surface area contributed by atoms with Crippen molar-refractivity contribution in [2.24, 2.45) is 10.2 Å². The molecule has 0 spiro atoms. The average Bonchev–Trinajstić information content (AvgIpc) is 2.57. The van der Waals surface area contributed by atoms with Gasteiger partial charge in [-0.3, -0.25) is 0 Å². The van der Waals surface area contributed by atoms with Gasteiger partial charge in [-0.25, -0.2) is 0 Å². The maximum absolute atomic E-state index is 9.53. The number of aryl methyl sites for hydroxylation is 1. The lowest BCUT2D eigenvalue weighted by atomic mass is 9.90. The summed E-state index contributed by atoms with van der Waals surface area (Å²) < 4.78 is 5.43. The molecule has 0 fully saturated rings. The van der Waals surface area contributed by atoms with Crippen LogP contribution in [-0.2, 0) is 11.2 Å². The maximum Gasteiger partial charge on any atom is 0.167 e. The molecule has 0 aliphatic heterocycles. The zero-order chi connectivity index (χ0) is 18.1. The van der Waals surface area contributed by atoms with Crippen LogP contribution in [0.2, 0.25) is 0 Å². The minimum atomic E-state index is -0.894. The van der Waals surface area contributed by atoms with Crippen molar-refractivity contribution in [2.45, 2.75) is 77.4 Å². The Kier molecular flexibility index (Phi) is 8.07. The van der Waals surface area contributed by atoms with Crippen molar-refractivity contribution in [2.75, 3.05) is 7.11 Å². The summed E-state index contributed by atoms with van der Waals surface area (Å²) in [6.45, 7) is 7.94. The van der Waals surface area contributed by atoms with Crippen LogP contribution in [0.4, 0.5) is 5.69 Å². The van der Waals surface area contributed by atoms with Crippen LogP contribution in [0.25, 0.3) is 0 Å². The van der Waals surface area contributed by atoms with Crippen LogP contribution in [0.3, 0.4) is 0 Å². The topological polar surface area (TPSA) is 57.7 Å². The van der Waals surface area contributed by atoms with Gasteiger partial charge in [0.1, 0.15) is 0 Å². The van der Waals surface area contributed by atoms with Gasteiger partial charge >= 0.3 is 0 Å². The van der Waals surface area contributed by atoms with E-state index in [4.69, 9.17) is 4.74 Å². The first-order chi connectivity index (χ1) is 11.4. The summed E-state index contributed by atoms with van der Waals surface area (Å²) in [4.78, 5) is 0. The smallest absolute Gasteiger partial charge is 0.167 e. The number of hydrogen-bond acceptors (Lipinski definition) is 4. The molecule has 0 aliphatic carbocycles. The molecule has 0 saturated heterocycles. The van der Waals surface area contributed by atoms with Crippen LogP contribution in [0.5, 0.6) is 0 Å². The number of ether oxygens (including phenoxy) is 1. The summed E-state index contributed by atoms with van der Waals surface area (Å²) in [5.41, 5.74) is 0.757. The van der Waals surface area contributed by atoms with E-state index in [1.54, 1.807) is 14.0 Å². The van der Waals surface area contributed by atoms with E-state index in [0.717, 1.165) is 18.5 Å². The summed E-state index contributed by atoms with van der Waals surface area (Å²) in [6.07, 6.45) is 6.39. The molecular formula is C20H31N3O. The van der Waals surface area contributed by atoms with Crippen LogP contribution in [0, 0.1) is 11.3 Å². The molecular weight excluding hydrogens is 298 g/mol. The van der Waals surface area contributed by atoms with Gasteiger partial charge < -0.3 is 4.74 Å². The van der Waals surface area contributed by atoms with Crippen LogP contribution < -0.4 is 0 Å². The molecule has 1 aromatic rings. The monoisotopic (exact) mass is 329 g/mol. The van der Waals surface area contributed by atoms with Gasteiger partial charge in [-0.1, -0.05) is 44.4 Å². The lowest BCUT2D eigenvalue weighted by Crippen LogP contribution is -2.34. The Hall–Kier alpha value is -1.73. The Morgan fingerprint density at radius 3 is 2.46 bits per heavy atom. The highest BCUT2D eigenvalue weighted by Crippen LogP contribution is 2.29. The molecule has 0 bridgehead atoms. The van der Waals surface area contributed by atoms with Crippen LogP contribution in [0.1, 0.15) is 65.4 Å². The predicted molar refractivity (Wildman–Crippen MR) is 98.5 cm³/mol. The summed E-state index contributed by atoms with van der Waals surface area (Å²) in [5, 5.41) is 18.3. The van der Waals surface area contributed by atoms with Crippen molar-refractivity contribution in [1.29, 1.82) is 5.26 Å². The minimum absolute atomic E-state index is 0.414. The number of unbranched alkanes of at least 4 members (excludes halogenated alkanes) is 3. The Balaban J connectivity index is 2.86. The van der Waals surface area contributed by atoms with Gasteiger partial charge in [0, 0.05) is 13.5 Å². The van der Waals surface area contributed by atoms with Crippen molar-refractivity contribution in [3.63, 3.8) is 0 Å². The van der Waals surface area contributed by atoms with E-state index in [2.05, 4.69) is 29.3 Å². The summed E-state index contributed by atoms with van der Waals surface area (Å²) in [6, 6.07) is 10.3. The van der Waals surface area contributed by atoms with Crippen LogP contribution in [0.15, 0.2) is 34.5 Å². The van der Waals surface area contributed by atoms with Crippen molar-refractivity contribution >= 4 is 5.69 Å². The van der Waals surface area contributed by atoms with Crippen LogP contribution >= 0.6 is 0 Å². The molecule has 24 heavy (non-hydrogen) atoms. The number of nitriles is 1. The Labute approximate surface area is 146 Å². The normalized spacial score (nSPS) is 14.5. The third-order valence-electron chi connectivity index (χ3n) is 4.23. The second-order valence-electron chi connectivity index (χ2n) is 7.17. The van der Waals surface area contributed by atoms with E-state index < -0.39 is 11.1 Å². The first-order valence-electron chi connectivity index (χ1n) is 8.83. The van der Waals surface area contributed by atoms with E-state index in [-0.39, 0.29) is 0 Å². The molecule has 0 aromatic heterocycles.